The number of fused-ring (bicyclic) bond motifs is 5. The van der Waals surface area contributed by atoms with Crippen molar-refractivity contribution in [2.45, 2.75) is 12.2 Å². The highest BCUT2D eigenvalue weighted by Crippen LogP contribution is 2.57. The third-order valence-corrected chi connectivity index (χ3v) is 4.07. The number of rotatable bonds is 4. The highest BCUT2D eigenvalue weighted by Gasteiger charge is 2.58. The van der Waals surface area contributed by atoms with Gasteiger partial charge < -0.3 is 9.47 Å². The van der Waals surface area contributed by atoms with Gasteiger partial charge in [-0.15, -0.1) is 0 Å². The van der Waals surface area contributed by atoms with Gasteiger partial charge in [0.2, 0.25) is 0 Å². The Morgan fingerprint density at radius 3 is 2.44 bits per heavy atom. The summed E-state index contributed by atoms with van der Waals surface area (Å²) in [5.41, 5.74) is 0. The summed E-state index contributed by atoms with van der Waals surface area (Å²) in [7, 11) is 0. The first kappa shape index (κ1) is 9.76. The van der Waals surface area contributed by atoms with Crippen LogP contribution >= 0.6 is 0 Å². The maximum atomic E-state index is 5.65. The molecule has 84 valence electrons. The van der Waals surface area contributed by atoms with Crippen molar-refractivity contribution >= 4 is 0 Å². The Hall–Kier alpha value is -1.44. The van der Waals surface area contributed by atoms with Crippen molar-refractivity contribution in [3.05, 3.63) is 50.0 Å². The molecule has 1 saturated carbocycles. The Bertz CT molecular complexity index is 370. The SMILES string of the molecule is C=COC1(OC=C)C=CC2C3C=CC(C3)C21. The lowest BCUT2D eigenvalue weighted by atomic mass is 9.82. The molecule has 0 aromatic heterocycles. The first-order valence-electron chi connectivity index (χ1n) is 5.76. The fourth-order valence-corrected chi connectivity index (χ4v) is 3.57. The molecule has 0 heterocycles. The zero-order valence-electron chi connectivity index (χ0n) is 9.21. The predicted octanol–water partition coefficient (Wildman–Crippen LogP) is 3.01. The van der Waals surface area contributed by atoms with Crippen LogP contribution in [0.15, 0.2) is 50.0 Å². The van der Waals surface area contributed by atoms with Gasteiger partial charge in [-0.2, -0.15) is 0 Å². The quantitative estimate of drug-likeness (QED) is 0.408. The number of allylic oxidation sites excluding steroid dienone is 3. The van der Waals surface area contributed by atoms with Crippen molar-refractivity contribution < 1.29 is 9.47 Å². The molecule has 0 spiro atoms. The third-order valence-electron chi connectivity index (χ3n) is 4.07. The van der Waals surface area contributed by atoms with Crippen LogP contribution in [0.2, 0.25) is 0 Å². The Balaban J connectivity index is 1.96. The highest BCUT2D eigenvalue weighted by molar-refractivity contribution is 5.28. The van der Waals surface area contributed by atoms with Gasteiger partial charge in [-0.05, 0) is 30.3 Å². The van der Waals surface area contributed by atoms with E-state index >= 15 is 0 Å². The van der Waals surface area contributed by atoms with Gasteiger partial charge in [0.15, 0.2) is 0 Å². The minimum Gasteiger partial charge on any atom is -0.457 e. The average molecular weight is 216 g/mol. The second kappa shape index (κ2) is 3.27. The summed E-state index contributed by atoms with van der Waals surface area (Å²) in [5.74, 6) is 1.48. The molecular formula is C14H16O2. The van der Waals surface area contributed by atoms with Crippen molar-refractivity contribution in [1.29, 1.82) is 0 Å². The maximum absolute atomic E-state index is 5.65. The van der Waals surface area contributed by atoms with Crippen LogP contribution in [0.4, 0.5) is 0 Å². The number of ether oxygens (including phenoxy) is 2. The van der Waals surface area contributed by atoms with E-state index in [-0.39, 0.29) is 0 Å². The molecule has 4 atom stereocenters. The molecule has 0 aromatic carbocycles. The fourth-order valence-electron chi connectivity index (χ4n) is 3.57. The molecule has 16 heavy (non-hydrogen) atoms. The van der Waals surface area contributed by atoms with Gasteiger partial charge in [0.1, 0.15) is 0 Å². The summed E-state index contributed by atoms with van der Waals surface area (Å²) >= 11 is 0. The van der Waals surface area contributed by atoms with Crippen LogP contribution in [0.1, 0.15) is 6.42 Å². The summed E-state index contributed by atoms with van der Waals surface area (Å²) in [5, 5.41) is 0. The van der Waals surface area contributed by atoms with Gasteiger partial charge in [0.25, 0.3) is 5.79 Å². The van der Waals surface area contributed by atoms with Crippen molar-refractivity contribution in [2.75, 3.05) is 0 Å². The first-order chi connectivity index (χ1) is 7.80. The van der Waals surface area contributed by atoms with E-state index in [1.807, 2.05) is 6.08 Å². The van der Waals surface area contributed by atoms with Gasteiger partial charge in [-0.1, -0.05) is 31.4 Å². The van der Waals surface area contributed by atoms with Crippen LogP contribution in [-0.4, -0.2) is 5.79 Å². The smallest absolute Gasteiger partial charge is 0.273 e. The molecule has 0 aliphatic heterocycles. The zero-order chi connectivity index (χ0) is 11.2. The molecule has 1 fully saturated rings. The summed E-state index contributed by atoms with van der Waals surface area (Å²) in [6.45, 7) is 7.28. The molecular weight excluding hydrogens is 200 g/mol. The van der Waals surface area contributed by atoms with Crippen molar-refractivity contribution in [3.63, 3.8) is 0 Å². The van der Waals surface area contributed by atoms with Crippen molar-refractivity contribution in [1.82, 2.24) is 0 Å². The summed E-state index contributed by atoms with van der Waals surface area (Å²) < 4.78 is 11.3. The molecule has 0 amide bonds. The van der Waals surface area contributed by atoms with Crippen molar-refractivity contribution in [2.24, 2.45) is 23.7 Å². The summed E-state index contributed by atoms with van der Waals surface area (Å²) in [4.78, 5) is 0. The van der Waals surface area contributed by atoms with Gasteiger partial charge in [-0.3, -0.25) is 0 Å². The Kier molecular flexibility index (Phi) is 2.00. The molecule has 2 nitrogen and oxygen atoms in total. The Labute approximate surface area is 95.9 Å². The minimum absolute atomic E-state index is 0.374. The van der Waals surface area contributed by atoms with E-state index in [9.17, 15) is 0 Å². The molecule has 3 rings (SSSR count). The summed E-state index contributed by atoms with van der Waals surface area (Å²) in [6.07, 6.45) is 13.0. The zero-order valence-corrected chi connectivity index (χ0v) is 9.21. The number of hydrogen-bond acceptors (Lipinski definition) is 2. The van der Waals surface area contributed by atoms with Crippen LogP contribution in [0.25, 0.3) is 0 Å². The minimum atomic E-state index is -0.668. The van der Waals surface area contributed by atoms with Gasteiger partial charge in [0.05, 0.1) is 18.4 Å². The Morgan fingerprint density at radius 2 is 1.75 bits per heavy atom. The molecule has 0 radical (unpaired) electrons. The normalized spacial score (nSPS) is 40.8. The molecule has 0 N–H and O–H groups in total. The number of hydrogen-bond donors (Lipinski definition) is 0. The predicted molar refractivity (Wildman–Crippen MR) is 62.2 cm³/mol. The third kappa shape index (κ3) is 1.07. The van der Waals surface area contributed by atoms with Crippen LogP contribution in [0.5, 0.6) is 0 Å². The largest absolute Gasteiger partial charge is 0.457 e. The molecule has 2 bridgehead atoms. The van der Waals surface area contributed by atoms with Gasteiger partial charge in [-0.25, -0.2) is 0 Å². The van der Waals surface area contributed by atoms with Crippen LogP contribution in [0.3, 0.4) is 0 Å². The van der Waals surface area contributed by atoms with Crippen LogP contribution in [-0.2, 0) is 9.47 Å². The lowest BCUT2D eigenvalue weighted by Crippen LogP contribution is -2.41. The lowest BCUT2D eigenvalue weighted by Gasteiger charge is -2.36. The van der Waals surface area contributed by atoms with E-state index in [2.05, 4.69) is 31.4 Å². The molecule has 3 aliphatic carbocycles. The molecule has 3 aliphatic rings. The Morgan fingerprint density at radius 1 is 1.06 bits per heavy atom. The summed E-state index contributed by atoms with van der Waals surface area (Å²) in [6, 6.07) is 0. The lowest BCUT2D eigenvalue weighted by molar-refractivity contribution is -0.175. The molecule has 0 saturated heterocycles. The van der Waals surface area contributed by atoms with E-state index in [1.54, 1.807) is 0 Å². The first-order valence-corrected chi connectivity index (χ1v) is 5.76. The van der Waals surface area contributed by atoms with E-state index in [0.29, 0.717) is 23.7 Å². The maximum Gasteiger partial charge on any atom is 0.273 e. The average Bonchev–Trinajstić information content (AvgIpc) is 2.92. The second-order valence-electron chi connectivity index (χ2n) is 4.70. The monoisotopic (exact) mass is 216 g/mol. The van der Waals surface area contributed by atoms with Crippen LogP contribution in [0, 0.1) is 23.7 Å². The van der Waals surface area contributed by atoms with E-state index in [1.165, 1.54) is 18.9 Å². The fraction of sp³-hybridized carbons (Fsp3) is 0.429. The molecule has 0 aromatic rings. The molecule has 4 unspecified atom stereocenters. The van der Waals surface area contributed by atoms with Gasteiger partial charge in [0, 0.05) is 0 Å². The van der Waals surface area contributed by atoms with E-state index in [0.717, 1.165) is 0 Å². The van der Waals surface area contributed by atoms with E-state index in [4.69, 9.17) is 9.47 Å². The standard InChI is InChI=1S/C14H16O2/c1-3-15-14(16-4-2)8-7-12-10-5-6-11(9-10)13(12)14/h3-8,10-13H,1-2,9H2. The highest BCUT2D eigenvalue weighted by atomic mass is 16.7. The van der Waals surface area contributed by atoms with Crippen LogP contribution < -0.4 is 0 Å². The topological polar surface area (TPSA) is 18.5 Å². The second-order valence-corrected chi connectivity index (χ2v) is 4.70. The van der Waals surface area contributed by atoms with Gasteiger partial charge >= 0.3 is 0 Å². The molecule has 2 heteroatoms. The van der Waals surface area contributed by atoms with Crippen molar-refractivity contribution in [3.8, 4) is 0 Å². The van der Waals surface area contributed by atoms with E-state index < -0.39 is 5.79 Å².